The van der Waals surface area contributed by atoms with Gasteiger partial charge >= 0.3 is 5.97 Å². The summed E-state index contributed by atoms with van der Waals surface area (Å²) < 4.78 is 5.37. The Morgan fingerprint density at radius 3 is 2.56 bits per heavy atom. The molecule has 0 amide bonds. The molecule has 1 aromatic rings. The zero-order valence-corrected chi connectivity index (χ0v) is 12.4. The van der Waals surface area contributed by atoms with Crippen LogP contribution in [0.15, 0.2) is 22.7 Å². The molecule has 0 heterocycles. The number of ketones is 1. The van der Waals surface area contributed by atoms with Gasteiger partial charge in [0.15, 0.2) is 5.78 Å². The molecule has 3 nitrogen and oxygen atoms in total. The van der Waals surface area contributed by atoms with E-state index >= 15 is 0 Å². The average Bonchev–Trinajstić information content (AvgIpc) is 2.34. The molecule has 0 aromatic heterocycles. The summed E-state index contributed by atoms with van der Waals surface area (Å²) in [7, 11) is 1.36. The third-order valence-electron chi connectivity index (χ3n) is 2.49. The number of benzene rings is 1. The van der Waals surface area contributed by atoms with Gasteiger partial charge in [0.05, 0.1) is 12.1 Å². The Balaban J connectivity index is 2.43. The van der Waals surface area contributed by atoms with Crippen LogP contribution >= 0.6 is 27.5 Å². The van der Waals surface area contributed by atoms with Crippen LogP contribution in [-0.4, -0.2) is 18.9 Å². The molecule has 0 saturated heterocycles. The van der Waals surface area contributed by atoms with E-state index in [0.717, 1.165) is 4.47 Å². The Labute approximate surface area is 120 Å². The molecule has 98 valence electrons. The zero-order valence-electron chi connectivity index (χ0n) is 10.0. The molecule has 0 bridgehead atoms. The maximum absolute atomic E-state index is 11.9. The van der Waals surface area contributed by atoms with Crippen LogP contribution in [0.1, 0.15) is 36.0 Å². The molecule has 0 fully saturated rings. The molecule has 0 radical (unpaired) electrons. The monoisotopic (exact) mass is 332 g/mol. The van der Waals surface area contributed by atoms with E-state index in [1.165, 1.54) is 7.11 Å². The van der Waals surface area contributed by atoms with E-state index < -0.39 is 0 Å². The Morgan fingerprint density at radius 2 is 1.94 bits per heavy atom. The van der Waals surface area contributed by atoms with Gasteiger partial charge in [-0.3, -0.25) is 9.59 Å². The Hall–Kier alpha value is -0.870. The van der Waals surface area contributed by atoms with Gasteiger partial charge in [0, 0.05) is 22.9 Å². The van der Waals surface area contributed by atoms with Crippen LogP contribution in [0.4, 0.5) is 0 Å². The molecule has 5 heteroatoms. The summed E-state index contributed by atoms with van der Waals surface area (Å²) in [5, 5.41) is 0.447. The maximum Gasteiger partial charge on any atom is 0.305 e. The fourth-order valence-corrected chi connectivity index (χ4v) is 2.29. The molecule has 0 saturated carbocycles. The van der Waals surface area contributed by atoms with Gasteiger partial charge in [-0.15, -0.1) is 0 Å². The quantitative estimate of drug-likeness (QED) is 0.449. The van der Waals surface area contributed by atoms with Gasteiger partial charge in [-0.2, -0.15) is 0 Å². The molecule has 1 aromatic carbocycles. The fourth-order valence-electron chi connectivity index (χ4n) is 1.51. The number of esters is 1. The molecule has 0 unspecified atom stereocenters. The van der Waals surface area contributed by atoms with Crippen LogP contribution < -0.4 is 0 Å². The van der Waals surface area contributed by atoms with Gasteiger partial charge in [-0.25, -0.2) is 0 Å². The number of halogens is 2. The standard InChI is InChI=1S/C13H14BrClO3/c1-18-13(17)5-3-2-4-12(16)10-7-6-9(14)8-11(10)15/h6-8H,2-5H2,1H3. The van der Waals surface area contributed by atoms with Crippen LogP contribution in [0.5, 0.6) is 0 Å². The second-order valence-electron chi connectivity index (χ2n) is 3.83. The number of hydrogen-bond acceptors (Lipinski definition) is 3. The summed E-state index contributed by atoms with van der Waals surface area (Å²) in [5.41, 5.74) is 0.526. The van der Waals surface area contributed by atoms with E-state index in [0.29, 0.717) is 36.3 Å². The molecule has 0 aliphatic rings. The second kappa shape index (κ2) is 7.54. The summed E-state index contributed by atoms with van der Waals surface area (Å²) >= 11 is 9.27. The van der Waals surface area contributed by atoms with Gasteiger partial charge in [0.25, 0.3) is 0 Å². The molecule has 0 spiro atoms. The van der Waals surface area contributed by atoms with Crippen molar-refractivity contribution in [3.05, 3.63) is 33.3 Å². The molecule has 18 heavy (non-hydrogen) atoms. The van der Waals surface area contributed by atoms with Crippen LogP contribution in [0.25, 0.3) is 0 Å². The number of carbonyl (C=O) groups excluding carboxylic acids is 2. The van der Waals surface area contributed by atoms with Gasteiger partial charge in [0.2, 0.25) is 0 Å². The largest absolute Gasteiger partial charge is 0.469 e. The highest BCUT2D eigenvalue weighted by molar-refractivity contribution is 9.10. The van der Waals surface area contributed by atoms with Crippen molar-refractivity contribution in [3.63, 3.8) is 0 Å². The van der Waals surface area contributed by atoms with E-state index in [1.807, 2.05) is 0 Å². The minimum atomic E-state index is -0.246. The average molecular weight is 334 g/mol. The van der Waals surface area contributed by atoms with Crippen LogP contribution in [0, 0.1) is 0 Å². The summed E-state index contributed by atoms with van der Waals surface area (Å²) in [4.78, 5) is 22.8. The normalized spacial score (nSPS) is 10.2. The summed E-state index contributed by atoms with van der Waals surface area (Å²) in [6.45, 7) is 0. The smallest absolute Gasteiger partial charge is 0.305 e. The van der Waals surface area contributed by atoms with E-state index in [4.69, 9.17) is 11.6 Å². The number of carbonyl (C=O) groups is 2. The highest BCUT2D eigenvalue weighted by atomic mass is 79.9. The zero-order chi connectivity index (χ0) is 13.5. The number of unbranched alkanes of at least 4 members (excludes halogenated alkanes) is 1. The van der Waals surface area contributed by atoms with Crippen molar-refractivity contribution >= 4 is 39.3 Å². The van der Waals surface area contributed by atoms with E-state index in [2.05, 4.69) is 20.7 Å². The van der Waals surface area contributed by atoms with Gasteiger partial charge in [-0.1, -0.05) is 27.5 Å². The van der Waals surface area contributed by atoms with Gasteiger partial charge in [-0.05, 0) is 31.0 Å². The number of hydrogen-bond donors (Lipinski definition) is 0. The molecule has 0 atom stereocenters. The predicted octanol–water partition coefficient (Wildman–Crippen LogP) is 4.02. The molecule has 1 rings (SSSR count). The molecule has 0 aliphatic carbocycles. The number of ether oxygens (including phenoxy) is 1. The number of methoxy groups -OCH3 is 1. The minimum Gasteiger partial charge on any atom is -0.469 e. The second-order valence-corrected chi connectivity index (χ2v) is 5.15. The first kappa shape index (κ1) is 15.2. The van der Waals surface area contributed by atoms with Crippen molar-refractivity contribution in [2.75, 3.05) is 7.11 Å². The Kier molecular flexibility index (Phi) is 6.36. The van der Waals surface area contributed by atoms with E-state index in [9.17, 15) is 9.59 Å². The van der Waals surface area contributed by atoms with Crippen LogP contribution in [-0.2, 0) is 9.53 Å². The first-order chi connectivity index (χ1) is 8.54. The van der Waals surface area contributed by atoms with Crippen molar-refractivity contribution < 1.29 is 14.3 Å². The molecule has 0 N–H and O–H groups in total. The Morgan fingerprint density at radius 1 is 1.28 bits per heavy atom. The number of rotatable bonds is 6. The Bertz CT molecular complexity index is 446. The van der Waals surface area contributed by atoms with Crippen LogP contribution in [0.2, 0.25) is 5.02 Å². The van der Waals surface area contributed by atoms with E-state index in [1.54, 1.807) is 18.2 Å². The fraction of sp³-hybridized carbons (Fsp3) is 0.385. The molecular formula is C13H14BrClO3. The summed E-state index contributed by atoms with van der Waals surface area (Å²) in [6.07, 6.45) is 2.03. The first-order valence-corrected chi connectivity index (χ1v) is 6.76. The predicted molar refractivity (Wildman–Crippen MR) is 74.0 cm³/mol. The maximum atomic E-state index is 11.9. The lowest BCUT2D eigenvalue weighted by atomic mass is 10.0. The highest BCUT2D eigenvalue weighted by Gasteiger charge is 2.10. The van der Waals surface area contributed by atoms with Gasteiger partial charge in [0.1, 0.15) is 0 Å². The highest BCUT2D eigenvalue weighted by Crippen LogP contribution is 2.23. The van der Waals surface area contributed by atoms with Crippen molar-refractivity contribution in [1.82, 2.24) is 0 Å². The molecular weight excluding hydrogens is 319 g/mol. The van der Waals surface area contributed by atoms with Crippen molar-refractivity contribution in [1.29, 1.82) is 0 Å². The first-order valence-electron chi connectivity index (χ1n) is 5.59. The van der Waals surface area contributed by atoms with E-state index in [-0.39, 0.29) is 11.8 Å². The topological polar surface area (TPSA) is 43.4 Å². The van der Waals surface area contributed by atoms with Crippen molar-refractivity contribution in [2.45, 2.75) is 25.7 Å². The SMILES string of the molecule is COC(=O)CCCCC(=O)c1ccc(Br)cc1Cl. The lowest BCUT2D eigenvalue weighted by molar-refractivity contribution is -0.140. The van der Waals surface area contributed by atoms with Crippen molar-refractivity contribution in [3.8, 4) is 0 Å². The summed E-state index contributed by atoms with van der Waals surface area (Å²) in [6, 6.07) is 5.19. The lowest BCUT2D eigenvalue weighted by Crippen LogP contribution is -2.02. The lowest BCUT2D eigenvalue weighted by Gasteiger charge is -2.04. The molecule has 0 aliphatic heterocycles. The number of Topliss-reactive ketones (excluding diaryl/α,β-unsaturated/α-hetero) is 1. The van der Waals surface area contributed by atoms with Gasteiger partial charge < -0.3 is 4.74 Å². The third kappa shape index (κ3) is 4.78. The van der Waals surface area contributed by atoms with Crippen molar-refractivity contribution in [2.24, 2.45) is 0 Å². The minimum absolute atomic E-state index is 0.00244. The van der Waals surface area contributed by atoms with Crippen LogP contribution in [0.3, 0.4) is 0 Å². The summed E-state index contributed by atoms with van der Waals surface area (Å²) in [5.74, 6) is -0.249. The third-order valence-corrected chi connectivity index (χ3v) is 3.30.